The van der Waals surface area contributed by atoms with Gasteiger partial charge in [-0.3, -0.25) is 4.90 Å². The second kappa shape index (κ2) is 8.62. The minimum Gasteiger partial charge on any atom is -0.351 e. The van der Waals surface area contributed by atoms with Gasteiger partial charge in [0.15, 0.2) is 0 Å². The highest BCUT2D eigenvalue weighted by atomic mass is 15.5. The van der Waals surface area contributed by atoms with Crippen LogP contribution in [0.3, 0.4) is 0 Å². The van der Waals surface area contributed by atoms with Crippen LogP contribution in [0.5, 0.6) is 0 Å². The summed E-state index contributed by atoms with van der Waals surface area (Å²) in [5, 5.41) is 0. The molecule has 2 aliphatic carbocycles. The molecule has 2 aliphatic heterocycles. The molecule has 2 nitrogen and oxygen atoms in total. The van der Waals surface area contributed by atoms with E-state index in [1.54, 1.807) is 0 Å². The number of aryl methyl sites for hydroxylation is 1. The SMILES string of the molecule is Cc1ccccc1N1C(C2CCCCC2)N2C(C=CC2(c2ccccc2)C2CCCC2)[C@@H]1C. The van der Waals surface area contributed by atoms with Gasteiger partial charge in [0, 0.05) is 11.7 Å². The predicted octanol–water partition coefficient (Wildman–Crippen LogP) is 7.44. The maximum Gasteiger partial charge on any atom is 0.0868 e. The van der Waals surface area contributed by atoms with Crippen molar-refractivity contribution >= 4 is 5.69 Å². The van der Waals surface area contributed by atoms with Crippen molar-refractivity contribution in [3.05, 3.63) is 77.9 Å². The summed E-state index contributed by atoms with van der Waals surface area (Å²) in [4.78, 5) is 5.89. The minimum absolute atomic E-state index is 0.0379. The van der Waals surface area contributed by atoms with Gasteiger partial charge >= 0.3 is 0 Å². The number of hydrogen-bond donors (Lipinski definition) is 0. The third kappa shape index (κ3) is 3.32. The highest BCUT2D eigenvalue weighted by Gasteiger charge is 2.60. The van der Waals surface area contributed by atoms with E-state index in [9.17, 15) is 0 Å². The summed E-state index contributed by atoms with van der Waals surface area (Å²) >= 11 is 0. The standard InChI is InChI=1S/C31H40N2/c1-23-13-9-12-20-28(23)32-24(2)29-21-22-31(27-18-10-11-19-27,26-16-7-4-8-17-26)33(29)30(32)25-14-5-3-6-15-25/h4,7-9,12-13,16-17,20-22,24-25,27,29-30H,3,5-6,10-11,14-15,18-19H2,1-2H3/t24-,29?,30?,31?/m0/s1. The molecule has 174 valence electrons. The van der Waals surface area contributed by atoms with E-state index < -0.39 is 0 Å². The average Bonchev–Trinajstić information content (AvgIpc) is 3.58. The lowest BCUT2D eigenvalue weighted by Gasteiger charge is -2.50. The van der Waals surface area contributed by atoms with Crippen molar-refractivity contribution in [2.75, 3.05) is 4.90 Å². The molecule has 2 heterocycles. The van der Waals surface area contributed by atoms with Crippen LogP contribution in [-0.4, -0.2) is 23.1 Å². The van der Waals surface area contributed by atoms with Crippen LogP contribution in [0.15, 0.2) is 66.7 Å². The quantitative estimate of drug-likeness (QED) is 0.456. The largest absolute Gasteiger partial charge is 0.351 e. The van der Waals surface area contributed by atoms with E-state index in [1.165, 1.54) is 74.6 Å². The Hall–Kier alpha value is -2.06. The zero-order valence-electron chi connectivity index (χ0n) is 20.5. The summed E-state index contributed by atoms with van der Waals surface area (Å²) < 4.78 is 0. The van der Waals surface area contributed by atoms with Gasteiger partial charge in [-0.05, 0) is 68.6 Å². The van der Waals surface area contributed by atoms with Gasteiger partial charge in [-0.2, -0.15) is 0 Å². The molecule has 0 spiro atoms. The molecule has 6 rings (SSSR count). The second-order valence-electron chi connectivity index (χ2n) is 11.2. The molecule has 33 heavy (non-hydrogen) atoms. The van der Waals surface area contributed by atoms with Crippen LogP contribution in [0, 0.1) is 18.8 Å². The van der Waals surface area contributed by atoms with Gasteiger partial charge < -0.3 is 4.90 Å². The smallest absolute Gasteiger partial charge is 0.0868 e. The Kier molecular flexibility index (Phi) is 5.61. The van der Waals surface area contributed by atoms with Crippen molar-refractivity contribution in [1.82, 2.24) is 4.90 Å². The Bertz CT molecular complexity index is 985. The fraction of sp³-hybridized carbons (Fsp3) is 0.548. The van der Waals surface area contributed by atoms with Gasteiger partial charge in [0.2, 0.25) is 0 Å². The first-order valence-corrected chi connectivity index (χ1v) is 13.6. The highest BCUT2D eigenvalue weighted by Crippen LogP contribution is 2.56. The molecule has 2 aromatic rings. The van der Waals surface area contributed by atoms with Crippen LogP contribution in [0.1, 0.15) is 75.8 Å². The van der Waals surface area contributed by atoms with Gasteiger partial charge in [-0.15, -0.1) is 0 Å². The van der Waals surface area contributed by atoms with Crippen LogP contribution in [-0.2, 0) is 5.54 Å². The normalized spacial score (nSPS) is 33.2. The lowest BCUT2D eigenvalue weighted by molar-refractivity contribution is 0.0222. The van der Waals surface area contributed by atoms with E-state index in [0.717, 1.165) is 11.8 Å². The van der Waals surface area contributed by atoms with Crippen LogP contribution in [0.25, 0.3) is 0 Å². The fourth-order valence-electron chi connectivity index (χ4n) is 8.00. The summed E-state index contributed by atoms with van der Waals surface area (Å²) in [6, 6.07) is 21.7. The molecule has 4 aliphatic rings. The molecule has 3 unspecified atom stereocenters. The molecular formula is C31H40N2. The first-order valence-electron chi connectivity index (χ1n) is 13.6. The van der Waals surface area contributed by atoms with Crippen molar-refractivity contribution in [3.63, 3.8) is 0 Å². The molecule has 0 bridgehead atoms. The van der Waals surface area contributed by atoms with Crippen molar-refractivity contribution in [2.45, 2.75) is 95.4 Å². The van der Waals surface area contributed by atoms with E-state index in [4.69, 9.17) is 0 Å². The molecule has 2 aromatic carbocycles. The Balaban J connectivity index is 1.52. The first kappa shape index (κ1) is 21.5. The Morgan fingerprint density at radius 1 is 0.788 bits per heavy atom. The lowest BCUT2D eigenvalue weighted by atomic mass is 9.75. The van der Waals surface area contributed by atoms with Crippen LogP contribution >= 0.6 is 0 Å². The van der Waals surface area contributed by atoms with Gasteiger partial charge in [0.1, 0.15) is 0 Å². The van der Waals surface area contributed by atoms with E-state index in [1.807, 2.05) is 0 Å². The zero-order valence-corrected chi connectivity index (χ0v) is 20.5. The molecular weight excluding hydrogens is 400 g/mol. The fourth-order valence-corrected chi connectivity index (χ4v) is 8.00. The molecule has 0 radical (unpaired) electrons. The number of anilines is 1. The van der Waals surface area contributed by atoms with Crippen LogP contribution in [0.2, 0.25) is 0 Å². The van der Waals surface area contributed by atoms with E-state index >= 15 is 0 Å². The van der Waals surface area contributed by atoms with Crippen molar-refractivity contribution < 1.29 is 0 Å². The highest BCUT2D eigenvalue weighted by molar-refractivity contribution is 5.58. The number of fused-ring (bicyclic) bond motifs is 1. The van der Waals surface area contributed by atoms with Gasteiger partial charge in [0.25, 0.3) is 0 Å². The third-order valence-electron chi connectivity index (χ3n) is 9.48. The second-order valence-corrected chi connectivity index (χ2v) is 11.2. The summed E-state index contributed by atoms with van der Waals surface area (Å²) in [7, 11) is 0. The number of para-hydroxylation sites is 1. The summed E-state index contributed by atoms with van der Waals surface area (Å²) in [5.41, 5.74) is 4.43. The molecule has 1 saturated heterocycles. The molecule has 2 saturated carbocycles. The maximum atomic E-state index is 3.03. The number of benzene rings is 2. The van der Waals surface area contributed by atoms with Crippen LogP contribution in [0.4, 0.5) is 5.69 Å². The van der Waals surface area contributed by atoms with Crippen LogP contribution < -0.4 is 4.90 Å². The number of hydrogen-bond acceptors (Lipinski definition) is 2. The number of rotatable bonds is 4. The molecule has 4 atom stereocenters. The molecule has 3 fully saturated rings. The maximum absolute atomic E-state index is 3.03. The molecule has 0 amide bonds. The summed E-state index contributed by atoms with van der Waals surface area (Å²) in [5.74, 6) is 1.46. The van der Waals surface area contributed by atoms with Crippen molar-refractivity contribution in [1.29, 1.82) is 0 Å². The topological polar surface area (TPSA) is 6.48 Å². The lowest BCUT2D eigenvalue weighted by Crippen LogP contribution is -2.56. The van der Waals surface area contributed by atoms with E-state index in [2.05, 4.69) is 90.4 Å². The number of nitrogens with zero attached hydrogens (tertiary/aromatic N) is 2. The average molecular weight is 441 g/mol. The van der Waals surface area contributed by atoms with E-state index in [0.29, 0.717) is 18.2 Å². The Morgan fingerprint density at radius 3 is 2.18 bits per heavy atom. The van der Waals surface area contributed by atoms with E-state index in [-0.39, 0.29) is 5.54 Å². The molecule has 2 heteroatoms. The Morgan fingerprint density at radius 2 is 1.45 bits per heavy atom. The van der Waals surface area contributed by atoms with Crippen molar-refractivity contribution in [3.8, 4) is 0 Å². The monoisotopic (exact) mass is 440 g/mol. The Labute approximate surface area is 200 Å². The molecule has 0 aromatic heterocycles. The summed E-state index contributed by atoms with van der Waals surface area (Å²) in [6.45, 7) is 4.80. The first-order chi connectivity index (χ1) is 16.2. The van der Waals surface area contributed by atoms with Gasteiger partial charge in [-0.1, -0.05) is 92.8 Å². The van der Waals surface area contributed by atoms with Crippen molar-refractivity contribution in [2.24, 2.45) is 11.8 Å². The van der Waals surface area contributed by atoms with Gasteiger partial charge in [-0.25, -0.2) is 0 Å². The predicted molar refractivity (Wildman–Crippen MR) is 138 cm³/mol. The zero-order chi connectivity index (χ0) is 22.4. The minimum atomic E-state index is 0.0379. The summed E-state index contributed by atoms with van der Waals surface area (Å²) in [6.07, 6.45) is 18.2. The third-order valence-corrected chi connectivity index (χ3v) is 9.48. The van der Waals surface area contributed by atoms with Gasteiger partial charge in [0.05, 0.1) is 17.7 Å². The molecule has 0 N–H and O–H groups in total.